The quantitative estimate of drug-likeness (QED) is 0.786. The van der Waals surface area contributed by atoms with Crippen LogP contribution < -0.4 is 5.32 Å². The highest BCUT2D eigenvalue weighted by atomic mass is 16.4. The molecule has 0 aliphatic rings. The third-order valence-corrected chi connectivity index (χ3v) is 2.86. The molecule has 0 amide bonds. The van der Waals surface area contributed by atoms with Crippen molar-refractivity contribution in [3.63, 3.8) is 0 Å². The maximum Gasteiger partial charge on any atom is 0.226 e. The molecule has 5 nitrogen and oxygen atoms in total. The first-order valence-electron chi connectivity index (χ1n) is 6.33. The summed E-state index contributed by atoms with van der Waals surface area (Å²) in [5.74, 6) is 2.23. The zero-order chi connectivity index (χ0) is 13.8. The number of aryl methyl sites for hydroxylation is 1. The van der Waals surface area contributed by atoms with Crippen molar-refractivity contribution in [2.45, 2.75) is 13.5 Å². The maximum atomic E-state index is 5.49. The monoisotopic (exact) mass is 266 g/mol. The normalized spacial score (nSPS) is 10.4. The first-order valence-corrected chi connectivity index (χ1v) is 6.33. The molecule has 1 aromatic carbocycles. The molecule has 100 valence electrons. The Hall–Kier alpha value is -2.69. The average Bonchev–Trinajstić information content (AvgIpc) is 2.93. The van der Waals surface area contributed by atoms with Crippen LogP contribution >= 0.6 is 0 Å². The van der Waals surface area contributed by atoms with Gasteiger partial charge in [-0.3, -0.25) is 4.98 Å². The molecule has 0 radical (unpaired) electrons. The minimum absolute atomic E-state index is 0.649. The molecule has 0 fully saturated rings. The van der Waals surface area contributed by atoms with Crippen molar-refractivity contribution in [3.05, 3.63) is 60.4 Å². The van der Waals surface area contributed by atoms with Gasteiger partial charge >= 0.3 is 0 Å². The molecule has 0 aliphatic heterocycles. The second kappa shape index (κ2) is 5.52. The number of hydrogen-bond donors (Lipinski definition) is 1. The molecular weight excluding hydrogens is 252 g/mol. The van der Waals surface area contributed by atoms with E-state index < -0.39 is 0 Å². The van der Waals surface area contributed by atoms with Crippen molar-refractivity contribution in [1.29, 1.82) is 0 Å². The molecule has 0 aliphatic carbocycles. The molecule has 0 unspecified atom stereocenters. The van der Waals surface area contributed by atoms with Gasteiger partial charge in [0.2, 0.25) is 5.89 Å². The van der Waals surface area contributed by atoms with E-state index in [0.29, 0.717) is 12.4 Å². The van der Waals surface area contributed by atoms with Crippen LogP contribution in [0.1, 0.15) is 11.3 Å². The number of oxazole rings is 1. The standard InChI is InChI=1S/C15H14N4O/c1-11-8-19-15(20-11)13-4-2-12(3-5-13)9-18-14-10-16-6-7-17-14/h2-8,10H,9H2,1H3,(H,17,18). The summed E-state index contributed by atoms with van der Waals surface area (Å²) in [6.07, 6.45) is 6.73. The van der Waals surface area contributed by atoms with E-state index in [1.165, 1.54) is 0 Å². The van der Waals surface area contributed by atoms with Crippen LogP contribution in [0, 0.1) is 6.92 Å². The Bertz CT molecular complexity index is 677. The fraction of sp³-hybridized carbons (Fsp3) is 0.133. The van der Waals surface area contributed by atoms with Gasteiger partial charge < -0.3 is 9.73 Å². The maximum absolute atomic E-state index is 5.49. The van der Waals surface area contributed by atoms with E-state index >= 15 is 0 Å². The van der Waals surface area contributed by atoms with E-state index in [9.17, 15) is 0 Å². The lowest BCUT2D eigenvalue weighted by Crippen LogP contribution is -2.01. The molecule has 0 spiro atoms. The molecule has 0 saturated carbocycles. The lowest BCUT2D eigenvalue weighted by Gasteiger charge is -2.05. The molecule has 0 bridgehead atoms. The van der Waals surface area contributed by atoms with Gasteiger partial charge in [-0.05, 0) is 24.6 Å². The number of aromatic nitrogens is 3. The third kappa shape index (κ3) is 2.83. The smallest absolute Gasteiger partial charge is 0.226 e. The van der Waals surface area contributed by atoms with Crippen LogP contribution in [0.4, 0.5) is 5.82 Å². The summed E-state index contributed by atoms with van der Waals surface area (Å²) in [5, 5.41) is 3.21. The highest BCUT2D eigenvalue weighted by Gasteiger charge is 2.04. The highest BCUT2D eigenvalue weighted by molar-refractivity contribution is 5.53. The highest BCUT2D eigenvalue weighted by Crippen LogP contribution is 2.19. The van der Waals surface area contributed by atoms with Gasteiger partial charge in [-0.2, -0.15) is 0 Å². The van der Waals surface area contributed by atoms with Gasteiger partial charge in [0, 0.05) is 24.5 Å². The Morgan fingerprint density at radius 2 is 1.90 bits per heavy atom. The van der Waals surface area contributed by atoms with Crippen molar-refractivity contribution in [2.75, 3.05) is 5.32 Å². The van der Waals surface area contributed by atoms with E-state index in [0.717, 1.165) is 22.7 Å². The van der Waals surface area contributed by atoms with Crippen LogP contribution in [0.3, 0.4) is 0 Å². The molecular formula is C15H14N4O. The number of nitrogens with zero attached hydrogens (tertiary/aromatic N) is 3. The Balaban J connectivity index is 1.67. The summed E-state index contributed by atoms with van der Waals surface area (Å²) in [5.41, 5.74) is 2.13. The zero-order valence-electron chi connectivity index (χ0n) is 11.1. The lowest BCUT2D eigenvalue weighted by atomic mass is 10.1. The molecule has 2 heterocycles. The summed E-state index contributed by atoms with van der Waals surface area (Å²) < 4.78 is 5.49. The Labute approximate surface area is 116 Å². The van der Waals surface area contributed by atoms with Crippen LogP contribution in [-0.2, 0) is 6.54 Å². The Morgan fingerprint density at radius 1 is 1.05 bits per heavy atom. The van der Waals surface area contributed by atoms with Crippen molar-refractivity contribution in [3.8, 4) is 11.5 Å². The summed E-state index contributed by atoms with van der Waals surface area (Å²) in [6, 6.07) is 8.08. The molecule has 0 saturated heterocycles. The predicted octanol–water partition coefficient (Wildman–Crippen LogP) is 3.05. The predicted molar refractivity (Wildman–Crippen MR) is 76.0 cm³/mol. The minimum Gasteiger partial charge on any atom is -0.441 e. The fourth-order valence-corrected chi connectivity index (χ4v) is 1.84. The second-order valence-corrected chi connectivity index (χ2v) is 4.42. The van der Waals surface area contributed by atoms with E-state index in [4.69, 9.17) is 4.42 Å². The second-order valence-electron chi connectivity index (χ2n) is 4.42. The molecule has 3 rings (SSSR count). The van der Waals surface area contributed by atoms with Crippen molar-refractivity contribution in [2.24, 2.45) is 0 Å². The van der Waals surface area contributed by atoms with Crippen LogP contribution in [0.2, 0.25) is 0 Å². The molecule has 5 heteroatoms. The SMILES string of the molecule is Cc1cnc(-c2ccc(CNc3cnccn3)cc2)o1. The van der Waals surface area contributed by atoms with E-state index in [-0.39, 0.29) is 0 Å². The third-order valence-electron chi connectivity index (χ3n) is 2.86. The Morgan fingerprint density at radius 3 is 2.55 bits per heavy atom. The van der Waals surface area contributed by atoms with Crippen LogP contribution in [0.25, 0.3) is 11.5 Å². The van der Waals surface area contributed by atoms with Gasteiger partial charge in [0.1, 0.15) is 11.6 Å². The minimum atomic E-state index is 0.649. The van der Waals surface area contributed by atoms with Crippen LogP contribution in [-0.4, -0.2) is 15.0 Å². The molecule has 2 aromatic heterocycles. The number of rotatable bonds is 4. The first kappa shape index (κ1) is 12.3. The largest absolute Gasteiger partial charge is 0.441 e. The summed E-state index contributed by atoms with van der Waals surface area (Å²) >= 11 is 0. The number of nitrogens with one attached hydrogen (secondary N) is 1. The van der Waals surface area contributed by atoms with Gasteiger partial charge in [-0.1, -0.05) is 12.1 Å². The topological polar surface area (TPSA) is 63.8 Å². The van der Waals surface area contributed by atoms with E-state index in [1.807, 2.05) is 31.2 Å². The first-order chi connectivity index (χ1) is 9.81. The van der Waals surface area contributed by atoms with Crippen molar-refractivity contribution < 1.29 is 4.42 Å². The van der Waals surface area contributed by atoms with Gasteiger partial charge in [0.25, 0.3) is 0 Å². The molecule has 1 N–H and O–H groups in total. The lowest BCUT2D eigenvalue weighted by molar-refractivity contribution is 0.542. The molecule has 20 heavy (non-hydrogen) atoms. The van der Waals surface area contributed by atoms with E-state index in [1.54, 1.807) is 24.8 Å². The van der Waals surface area contributed by atoms with Crippen molar-refractivity contribution >= 4 is 5.82 Å². The molecule has 0 atom stereocenters. The summed E-state index contributed by atoms with van der Waals surface area (Å²) in [7, 11) is 0. The number of hydrogen-bond acceptors (Lipinski definition) is 5. The van der Waals surface area contributed by atoms with Gasteiger partial charge in [-0.25, -0.2) is 9.97 Å². The van der Waals surface area contributed by atoms with Crippen LogP contribution in [0.15, 0.2) is 53.5 Å². The summed E-state index contributed by atoms with van der Waals surface area (Å²) in [6.45, 7) is 2.58. The fourth-order valence-electron chi connectivity index (χ4n) is 1.84. The molecule has 3 aromatic rings. The number of benzene rings is 1. The number of anilines is 1. The van der Waals surface area contributed by atoms with E-state index in [2.05, 4.69) is 20.3 Å². The summed E-state index contributed by atoms with van der Waals surface area (Å²) in [4.78, 5) is 12.4. The Kier molecular flexibility index (Phi) is 3.41. The van der Waals surface area contributed by atoms with Gasteiger partial charge in [-0.15, -0.1) is 0 Å². The van der Waals surface area contributed by atoms with Crippen molar-refractivity contribution in [1.82, 2.24) is 15.0 Å². The van der Waals surface area contributed by atoms with Gasteiger partial charge in [0.15, 0.2) is 0 Å². The zero-order valence-corrected chi connectivity index (χ0v) is 11.1. The average molecular weight is 266 g/mol. The van der Waals surface area contributed by atoms with Gasteiger partial charge in [0.05, 0.1) is 12.4 Å². The van der Waals surface area contributed by atoms with Crippen LogP contribution in [0.5, 0.6) is 0 Å².